The fraction of sp³-hybridized carbons (Fsp3) is 0.375. The van der Waals surface area contributed by atoms with Crippen LogP contribution in [0.1, 0.15) is 43.1 Å². The van der Waals surface area contributed by atoms with Crippen LogP contribution in [0.4, 0.5) is 0 Å². The Kier molecular flexibility index (Phi) is 8.66. The number of aliphatic carboxylic acids is 1. The highest BCUT2D eigenvalue weighted by molar-refractivity contribution is 6.06. The first-order valence-corrected chi connectivity index (χ1v) is 11.5. The van der Waals surface area contributed by atoms with E-state index >= 15 is 0 Å². The van der Waals surface area contributed by atoms with Crippen LogP contribution < -0.4 is 10.6 Å². The summed E-state index contributed by atoms with van der Waals surface area (Å²) in [6.45, 7) is 1.31. The van der Waals surface area contributed by atoms with Gasteiger partial charge in [0.2, 0.25) is 11.8 Å². The van der Waals surface area contributed by atoms with Crippen LogP contribution in [-0.2, 0) is 24.0 Å². The van der Waals surface area contributed by atoms with Crippen LogP contribution in [0.15, 0.2) is 36.5 Å². The second-order valence-corrected chi connectivity index (χ2v) is 8.27. The number of hydrogen-bond acceptors (Lipinski definition) is 7. The lowest BCUT2D eigenvalue weighted by atomic mass is 10.1. The number of aromatic nitrogens is 1. The van der Waals surface area contributed by atoms with Gasteiger partial charge in [-0.1, -0.05) is 31.2 Å². The third-order valence-electron chi connectivity index (χ3n) is 5.61. The fourth-order valence-corrected chi connectivity index (χ4v) is 3.95. The van der Waals surface area contributed by atoms with E-state index in [4.69, 9.17) is 5.11 Å². The van der Waals surface area contributed by atoms with Crippen molar-refractivity contribution in [2.75, 3.05) is 13.1 Å². The Labute approximate surface area is 206 Å². The summed E-state index contributed by atoms with van der Waals surface area (Å²) in [7, 11) is 0. The van der Waals surface area contributed by atoms with Crippen molar-refractivity contribution in [1.29, 1.82) is 0 Å². The molecule has 1 aliphatic rings. The molecule has 36 heavy (non-hydrogen) atoms. The highest BCUT2D eigenvalue weighted by atomic mass is 16.4. The van der Waals surface area contributed by atoms with E-state index in [9.17, 15) is 28.8 Å². The lowest BCUT2D eigenvalue weighted by Crippen LogP contribution is -2.57. The number of hydrogen-bond donors (Lipinski definition) is 3. The minimum atomic E-state index is -1.29. The molecule has 1 aromatic heterocycles. The van der Waals surface area contributed by atoms with Gasteiger partial charge in [0.05, 0.1) is 12.5 Å². The summed E-state index contributed by atoms with van der Waals surface area (Å²) in [6, 6.07) is 6.48. The number of fused-ring (bicyclic) bond motifs is 1. The van der Waals surface area contributed by atoms with Gasteiger partial charge in [-0.05, 0) is 24.3 Å². The first-order chi connectivity index (χ1) is 17.2. The minimum absolute atomic E-state index is 0.0164. The van der Waals surface area contributed by atoms with Crippen molar-refractivity contribution in [3.05, 3.63) is 42.2 Å². The van der Waals surface area contributed by atoms with E-state index in [-0.39, 0.29) is 31.4 Å². The molecular weight excluding hydrogens is 470 g/mol. The summed E-state index contributed by atoms with van der Waals surface area (Å²) >= 11 is 0. The first kappa shape index (κ1) is 26.3. The van der Waals surface area contributed by atoms with Crippen LogP contribution in [0.5, 0.6) is 0 Å². The maximum Gasteiger partial charge on any atom is 0.305 e. The van der Waals surface area contributed by atoms with Gasteiger partial charge in [0, 0.05) is 24.5 Å². The van der Waals surface area contributed by atoms with Crippen LogP contribution >= 0.6 is 0 Å². The van der Waals surface area contributed by atoms with Gasteiger partial charge in [0.25, 0.3) is 11.8 Å². The molecule has 1 aromatic carbocycles. The number of aldehydes is 1. The molecule has 2 heterocycles. The van der Waals surface area contributed by atoms with Gasteiger partial charge in [-0.3, -0.25) is 34.0 Å². The van der Waals surface area contributed by atoms with Crippen molar-refractivity contribution in [2.24, 2.45) is 0 Å². The van der Waals surface area contributed by atoms with Gasteiger partial charge in [0.1, 0.15) is 24.6 Å². The van der Waals surface area contributed by atoms with Crippen molar-refractivity contribution in [3.8, 4) is 0 Å². The molecule has 2 aromatic rings. The summed E-state index contributed by atoms with van der Waals surface area (Å²) < 4.78 is 0. The number of hydrazine groups is 1. The lowest BCUT2D eigenvalue weighted by molar-refractivity contribution is -0.164. The molecule has 3 rings (SSSR count). The highest BCUT2D eigenvalue weighted by Gasteiger charge is 2.37. The Morgan fingerprint density at radius 1 is 1.19 bits per heavy atom. The molecule has 190 valence electrons. The van der Waals surface area contributed by atoms with Crippen molar-refractivity contribution < 1.29 is 33.9 Å². The van der Waals surface area contributed by atoms with E-state index in [0.29, 0.717) is 11.8 Å². The van der Waals surface area contributed by atoms with Gasteiger partial charge in [-0.15, -0.1) is 0 Å². The predicted octanol–water partition coefficient (Wildman–Crippen LogP) is 0.268. The zero-order valence-corrected chi connectivity index (χ0v) is 19.7. The molecule has 0 aliphatic carbocycles. The van der Waals surface area contributed by atoms with Gasteiger partial charge in [-0.25, -0.2) is 5.01 Å². The highest BCUT2D eigenvalue weighted by Crippen LogP contribution is 2.19. The summed E-state index contributed by atoms with van der Waals surface area (Å²) in [6.07, 6.45) is 1.60. The molecule has 0 bridgehead atoms. The second-order valence-electron chi connectivity index (χ2n) is 8.27. The number of benzene rings is 1. The summed E-state index contributed by atoms with van der Waals surface area (Å²) in [4.78, 5) is 78.0. The predicted molar refractivity (Wildman–Crippen MR) is 126 cm³/mol. The Balaban J connectivity index is 1.82. The topological polar surface area (TPSA) is 166 Å². The van der Waals surface area contributed by atoms with Gasteiger partial charge >= 0.3 is 5.97 Å². The zero-order valence-electron chi connectivity index (χ0n) is 19.7. The molecule has 0 radical (unpaired) electrons. The molecule has 4 amide bonds. The van der Waals surface area contributed by atoms with E-state index in [1.165, 1.54) is 6.20 Å². The molecular formula is C24H27N5O7. The number of carbonyl (C=O) groups is 6. The molecule has 3 N–H and O–H groups in total. The molecule has 12 heteroatoms. The summed E-state index contributed by atoms with van der Waals surface area (Å²) in [5, 5.41) is 17.3. The number of rotatable bonds is 10. The maximum atomic E-state index is 13.4. The molecule has 1 saturated heterocycles. The Morgan fingerprint density at radius 2 is 1.94 bits per heavy atom. The SMILES string of the molecule is CCCN1C(=O)CCC(NC(=O)c2nccc3ccccc23)C(=O)N1CC(=O)NC(C=O)CC(=O)O. The first-order valence-electron chi connectivity index (χ1n) is 11.5. The zero-order chi connectivity index (χ0) is 26.2. The largest absolute Gasteiger partial charge is 0.481 e. The van der Waals surface area contributed by atoms with E-state index in [1.807, 2.05) is 12.1 Å². The quantitative estimate of drug-likeness (QED) is 0.393. The van der Waals surface area contributed by atoms with Crippen LogP contribution in [0.3, 0.4) is 0 Å². The maximum absolute atomic E-state index is 13.4. The number of carboxylic acids is 1. The molecule has 12 nitrogen and oxygen atoms in total. The average molecular weight is 498 g/mol. The fourth-order valence-electron chi connectivity index (χ4n) is 3.95. The van der Waals surface area contributed by atoms with Crippen LogP contribution in [0.25, 0.3) is 10.8 Å². The smallest absolute Gasteiger partial charge is 0.305 e. The number of nitrogens with one attached hydrogen (secondary N) is 2. The van der Waals surface area contributed by atoms with Crippen molar-refractivity contribution in [1.82, 2.24) is 25.6 Å². The second kappa shape index (κ2) is 11.9. The monoisotopic (exact) mass is 497 g/mol. The summed E-state index contributed by atoms with van der Waals surface area (Å²) in [5.74, 6) is -3.80. The van der Waals surface area contributed by atoms with Gasteiger partial charge in [0.15, 0.2) is 0 Å². The molecule has 2 unspecified atom stereocenters. The molecule has 0 spiro atoms. The van der Waals surface area contributed by atoms with E-state index in [0.717, 1.165) is 15.4 Å². The normalized spacial score (nSPS) is 16.9. The number of amides is 4. The number of nitrogens with zero attached hydrogens (tertiary/aromatic N) is 3. The third-order valence-corrected chi connectivity index (χ3v) is 5.61. The van der Waals surface area contributed by atoms with Crippen LogP contribution in [0, 0.1) is 0 Å². The van der Waals surface area contributed by atoms with E-state index in [2.05, 4.69) is 15.6 Å². The summed E-state index contributed by atoms with van der Waals surface area (Å²) in [5.41, 5.74) is 0.119. The Hall–Kier alpha value is -4.35. The number of carboxylic acid groups (broad SMARTS) is 1. The molecule has 0 saturated carbocycles. The number of pyridine rings is 1. The van der Waals surface area contributed by atoms with Crippen LogP contribution in [0.2, 0.25) is 0 Å². The molecule has 2 atom stereocenters. The Morgan fingerprint density at radius 3 is 2.64 bits per heavy atom. The van der Waals surface area contributed by atoms with Crippen molar-refractivity contribution in [2.45, 2.75) is 44.7 Å². The average Bonchev–Trinajstić information content (AvgIpc) is 2.95. The van der Waals surface area contributed by atoms with E-state index in [1.54, 1.807) is 25.1 Å². The van der Waals surface area contributed by atoms with Crippen LogP contribution in [-0.4, -0.2) is 81.2 Å². The standard InChI is InChI=1S/C24H27N5O7/c1-2-11-28-20(32)8-7-18(24(36)29(28)13-19(31)26-16(14-30)12-21(33)34)27-23(35)22-17-6-4-3-5-15(17)9-10-25-22/h3-6,9-10,14,16,18H,2,7-8,11-13H2,1H3,(H,26,31)(H,27,35)(H,33,34). The number of carbonyl (C=O) groups excluding carboxylic acids is 5. The van der Waals surface area contributed by atoms with Gasteiger partial charge in [-0.2, -0.15) is 0 Å². The lowest BCUT2D eigenvalue weighted by Gasteiger charge is -2.34. The molecule has 1 aliphatic heterocycles. The third kappa shape index (κ3) is 6.20. The van der Waals surface area contributed by atoms with Crippen molar-refractivity contribution in [3.63, 3.8) is 0 Å². The van der Waals surface area contributed by atoms with Gasteiger partial charge < -0.3 is 20.5 Å². The molecule has 1 fully saturated rings. The minimum Gasteiger partial charge on any atom is -0.481 e. The van der Waals surface area contributed by atoms with Crippen molar-refractivity contribution >= 4 is 46.7 Å². The Bertz CT molecular complexity index is 1180. The van der Waals surface area contributed by atoms with E-state index < -0.39 is 54.6 Å².